The van der Waals surface area contributed by atoms with Crippen LogP contribution in [0.5, 0.6) is 0 Å². The van der Waals surface area contributed by atoms with Gasteiger partial charge in [0.15, 0.2) is 0 Å². The molecule has 0 aromatic carbocycles. The molecule has 0 saturated carbocycles. The number of aliphatic hydroxyl groups is 1. The van der Waals surface area contributed by atoms with E-state index in [1.54, 1.807) is 0 Å². The summed E-state index contributed by atoms with van der Waals surface area (Å²) < 4.78 is 0. The van der Waals surface area contributed by atoms with E-state index in [2.05, 4.69) is 6.92 Å². The van der Waals surface area contributed by atoms with Crippen LogP contribution in [-0.2, 0) is 4.79 Å². The summed E-state index contributed by atoms with van der Waals surface area (Å²) in [7, 11) is 0. The minimum absolute atomic E-state index is 0.248. The van der Waals surface area contributed by atoms with Crippen molar-refractivity contribution < 1.29 is 15.0 Å². The Labute approximate surface area is 98.9 Å². The molecule has 1 unspecified atom stereocenters. The fourth-order valence-electron chi connectivity index (χ4n) is 1.84. The van der Waals surface area contributed by atoms with Gasteiger partial charge in [-0.25, -0.2) is 0 Å². The summed E-state index contributed by atoms with van der Waals surface area (Å²) in [5, 5.41) is 18.5. The van der Waals surface area contributed by atoms with E-state index in [1.807, 2.05) is 6.92 Å². The quantitative estimate of drug-likeness (QED) is 0.566. The second-order valence-corrected chi connectivity index (χ2v) is 4.91. The maximum Gasteiger partial charge on any atom is 0.303 e. The van der Waals surface area contributed by atoms with Crippen molar-refractivity contribution in [2.24, 2.45) is 0 Å². The van der Waals surface area contributed by atoms with Crippen LogP contribution in [0.1, 0.15) is 71.6 Å². The molecule has 2 N–H and O–H groups in total. The number of unbranched alkanes of at least 4 members (excludes halogenated alkanes) is 4. The minimum Gasteiger partial charge on any atom is -0.481 e. The van der Waals surface area contributed by atoms with Crippen LogP contribution in [-0.4, -0.2) is 21.8 Å². The molecule has 96 valence electrons. The van der Waals surface area contributed by atoms with Gasteiger partial charge in [-0.3, -0.25) is 4.79 Å². The van der Waals surface area contributed by atoms with Gasteiger partial charge >= 0.3 is 5.97 Å². The molecule has 0 fully saturated rings. The van der Waals surface area contributed by atoms with E-state index in [9.17, 15) is 9.90 Å². The zero-order valence-corrected chi connectivity index (χ0v) is 10.7. The van der Waals surface area contributed by atoms with Crippen molar-refractivity contribution >= 4 is 5.97 Å². The summed E-state index contributed by atoms with van der Waals surface area (Å²) in [5.41, 5.74) is -0.557. The molecule has 0 bridgehead atoms. The van der Waals surface area contributed by atoms with Crippen molar-refractivity contribution in [3.63, 3.8) is 0 Å². The van der Waals surface area contributed by atoms with Gasteiger partial charge in [-0.2, -0.15) is 0 Å². The van der Waals surface area contributed by atoms with Crippen molar-refractivity contribution in [2.75, 3.05) is 0 Å². The van der Waals surface area contributed by atoms with Crippen LogP contribution in [0.25, 0.3) is 0 Å². The molecule has 0 heterocycles. The monoisotopic (exact) mass is 230 g/mol. The molecule has 0 aliphatic carbocycles. The fourth-order valence-corrected chi connectivity index (χ4v) is 1.84. The Morgan fingerprint density at radius 2 is 1.62 bits per heavy atom. The smallest absolute Gasteiger partial charge is 0.303 e. The van der Waals surface area contributed by atoms with Crippen molar-refractivity contribution in [1.82, 2.24) is 0 Å². The highest BCUT2D eigenvalue weighted by molar-refractivity contribution is 5.66. The van der Waals surface area contributed by atoms with Crippen molar-refractivity contribution in [2.45, 2.75) is 77.2 Å². The van der Waals surface area contributed by atoms with Gasteiger partial charge in [-0.1, -0.05) is 39.0 Å². The predicted octanol–water partition coefficient (Wildman–Crippen LogP) is 3.35. The molecule has 3 heteroatoms. The zero-order valence-electron chi connectivity index (χ0n) is 10.7. The Hall–Kier alpha value is -0.570. The SMILES string of the molecule is CCCCCC(C)(O)CCCCCC(=O)O. The summed E-state index contributed by atoms with van der Waals surface area (Å²) in [6.45, 7) is 4.04. The maximum atomic E-state index is 10.3. The van der Waals surface area contributed by atoms with Crippen molar-refractivity contribution in [3.05, 3.63) is 0 Å². The zero-order chi connectivity index (χ0) is 12.4. The summed E-state index contributed by atoms with van der Waals surface area (Å²) in [6.07, 6.45) is 7.87. The van der Waals surface area contributed by atoms with Crippen LogP contribution in [0.2, 0.25) is 0 Å². The van der Waals surface area contributed by atoms with Gasteiger partial charge in [0.2, 0.25) is 0 Å². The van der Waals surface area contributed by atoms with E-state index in [-0.39, 0.29) is 6.42 Å². The Balaban J connectivity index is 3.46. The first-order valence-corrected chi connectivity index (χ1v) is 6.42. The van der Waals surface area contributed by atoms with E-state index >= 15 is 0 Å². The van der Waals surface area contributed by atoms with Gasteiger partial charge in [0.1, 0.15) is 0 Å². The van der Waals surface area contributed by atoms with Crippen molar-refractivity contribution in [1.29, 1.82) is 0 Å². The standard InChI is InChI=1S/C13H26O3/c1-3-4-7-10-13(2,16)11-8-5-6-9-12(14)15/h16H,3-11H2,1-2H3,(H,14,15). The third kappa shape index (κ3) is 9.97. The highest BCUT2D eigenvalue weighted by Crippen LogP contribution is 2.21. The molecule has 16 heavy (non-hydrogen) atoms. The van der Waals surface area contributed by atoms with E-state index in [0.29, 0.717) is 0 Å². The molecule has 0 spiro atoms. The van der Waals surface area contributed by atoms with Crippen LogP contribution in [0.15, 0.2) is 0 Å². The molecule has 0 aromatic rings. The minimum atomic E-state index is -0.727. The first-order chi connectivity index (χ1) is 7.48. The molecule has 1 atom stereocenters. The van der Waals surface area contributed by atoms with Gasteiger partial charge in [-0.05, 0) is 26.2 Å². The Kier molecular flexibility index (Phi) is 8.26. The van der Waals surface area contributed by atoms with Gasteiger partial charge in [0, 0.05) is 6.42 Å². The Bertz CT molecular complexity index is 188. The topological polar surface area (TPSA) is 57.5 Å². The number of carboxylic acid groups (broad SMARTS) is 1. The summed E-state index contributed by atoms with van der Waals surface area (Å²) in [5.74, 6) is -0.727. The predicted molar refractivity (Wildman–Crippen MR) is 65.5 cm³/mol. The molecule has 0 radical (unpaired) electrons. The second-order valence-electron chi connectivity index (χ2n) is 4.91. The highest BCUT2D eigenvalue weighted by Gasteiger charge is 2.18. The average molecular weight is 230 g/mol. The third-order valence-electron chi connectivity index (χ3n) is 2.92. The number of carboxylic acids is 1. The van der Waals surface area contributed by atoms with E-state index in [0.717, 1.165) is 38.5 Å². The lowest BCUT2D eigenvalue weighted by Crippen LogP contribution is -2.23. The second kappa shape index (κ2) is 8.57. The number of carbonyl (C=O) groups is 1. The van der Waals surface area contributed by atoms with Gasteiger partial charge in [-0.15, -0.1) is 0 Å². The van der Waals surface area contributed by atoms with Crippen molar-refractivity contribution in [3.8, 4) is 0 Å². The van der Waals surface area contributed by atoms with E-state index < -0.39 is 11.6 Å². The van der Waals surface area contributed by atoms with Gasteiger partial charge in [0.05, 0.1) is 5.60 Å². The first kappa shape index (κ1) is 15.4. The fraction of sp³-hybridized carbons (Fsp3) is 0.923. The van der Waals surface area contributed by atoms with Gasteiger partial charge in [0.25, 0.3) is 0 Å². The summed E-state index contributed by atoms with van der Waals surface area (Å²) in [4.78, 5) is 10.3. The van der Waals surface area contributed by atoms with Crippen LogP contribution in [0, 0.1) is 0 Å². The molecule has 3 nitrogen and oxygen atoms in total. The molecule has 0 amide bonds. The van der Waals surface area contributed by atoms with Crippen LogP contribution in [0.3, 0.4) is 0 Å². The number of rotatable bonds is 10. The number of hydrogen-bond acceptors (Lipinski definition) is 2. The van der Waals surface area contributed by atoms with Crippen LogP contribution in [0.4, 0.5) is 0 Å². The Morgan fingerprint density at radius 3 is 2.12 bits per heavy atom. The molecule has 0 aliphatic heterocycles. The lowest BCUT2D eigenvalue weighted by molar-refractivity contribution is -0.137. The number of hydrogen-bond donors (Lipinski definition) is 2. The van der Waals surface area contributed by atoms with E-state index in [4.69, 9.17) is 5.11 Å². The van der Waals surface area contributed by atoms with Crippen LogP contribution < -0.4 is 0 Å². The largest absolute Gasteiger partial charge is 0.481 e. The molecule has 0 aliphatic rings. The highest BCUT2D eigenvalue weighted by atomic mass is 16.4. The summed E-state index contributed by atoms with van der Waals surface area (Å²) >= 11 is 0. The Morgan fingerprint density at radius 1 is 1.06 bits per heavy atom. The maximum absolute atomic E-state index is 10.3. The first-order valence-electron chi connectivity index (χ1n) is 6.42. The normalized spacial score (nSPS) is 14.7. The molecule has 0 rings (SSSR count). The lowest BCUT2D eigenvalue weighted by Gasteiger charge is -2.23. The molecular weight excluding hydrogens is 204 g/mol. The average Bonchev–Trinajstić information content (AvgIpc) is 2.16. The lowest BCUT2D eigenvalue weighted by atomic mass is 9.92. The summed E-state index contributed by atoms with van der Waals surface area (Å²) in [6, 6.07) is 0. The third-order valence-corrected chi connectivity index (χ3v) is 2.92. The molecule has 0 aromatic heterocycles. The molecular formula is C13H26O3. The number of aliphatic carboxylic acids is 1. The van der Waals surface area contributed by atoms with E-state index in [1.165, 1.54) is 12.8 Å². The van der Waals surface area contributed by atoms with Gasteiger partial charge < -0.3 is 10.2 Å². The molecule has 0 saturated heterocycles. The van der Waals surface area contributed by atoms with Crippen LogP contribution >= 0.6 is 0 Å².